The van der Waals surface area contributed by atoms with E-state index in [1.165, 1.54) is 22.8 Å². The topological polar surface area (TPSA) is 48.4 Å². The monoisotopic (exact) mass is 499 g/mol. The summed E-state index contributed by atoms with van der Waals surface area (Å²) in [6.07, 6.45) is -4.37. The van der Waals surface area contributed by atoms with Gasteiger partial charge >= 0.3 is 12.1 Å². The molecule has 0 saturated heterocycles. The van der Waals surface area contributed by atoms with Crippen LogP contribution in [0.4, 0.5) is 13.2 Å². The van der Waals surface area contributed by atoms with E-state index in [1.54, 1.807) is 6.92 Å². The molecule has 0 aliphatic carbocycles. The molecule has 0 saturated carbocycles. The van der Waals surface area contributed by atoms with Crippen LogP contribution in [-0.2, 0) is 23.9 Å². The molecule has 0 unspecified atom stereocenters. The minimum Gasteiger partial charge on any atom is -0.489 e. The molecular formula is C21H17BrF3NO3S. The number of rotatable bonds is 7. The van der Waals surface area contributed by atoms with Crippen LogP contribution in [0.5, 0.6) is 5.75 Å². The fourth-order valence-corrected chi connectivity index (χ4v) is 3.68. The lowest BCUT2D eigenvalue weighted by atomic mass is 10.1. The molecule has 0 radical (unpaired) electrons. The normalized spacial score (nSPS) is 11.4. The third-order valence-corrected chi connectivity index (χ3v) is 5.45. The van der Waals surface area contributed by atoms with E-state index in [-0.39, 0.29) is 25.3 Å². The second kappa shape index (κ2) is 9.61. The number of ether oxygens (including phenoxy) is 2. The van der Waals surface area contributed by atoms with Gasteiger partial charge in [-0.2, -0.15) is 13.2 Å². The summed E-state index contributed by atoms with van der Waals surface area (Å²) < 4.78 is 51.2. The molecule has 0 N–H and O–H groups in total. The number of halogens is 4. The maximum absolute atomic E-state index is 13.2. The van der Waals surface area contributed by atoms with Crippen molar-refractivity contribution in [3.63, 3.8) is 0 Å². The zero-order chi connectivity index (χ0) is 21.7. The Kier molecular flexibility index (Phi) is 7.14. The third kappa shape index (κ3) is 5.82. The molecule has 0 amide bonds. The maximum Gasteiger partial charge on any atom is 0.416 e. The number of hydrogen-bond acceptors (Lipinski definition) is 5. The van der Waals surface area contributed by atoms with E-state index in [1.807, 2.05) is 24.3 Å². The predicted molar refractivity (Wildman–Crippen MR) is 111 cm³/mol. The highest BCUT2D eigenvalue weighted by molar-refractivity contribution is 9.10. The van der Waals surface area contributed by atoms with Crippen LogP contribution < -0.4 is 4.74 Å². The number of carbonyl (C=O) groups is 1. The lowest BCUT2D eigenvalue weighted by Gasteiger charge is -2.14. The lowest BCUT2D eigenvalue weighted by molar-refractivity contribution is -0.137. The molecular weight excluding hydrogens is 483 g/mol. The molecule has 0 spiro atoms. The first kappa shape index (κ1) is 22.3. The minimum atomic E-state index is -4.47. The van der Waals surface area contributed by atoms with E-state index in [9.17, 15) is 18.0 Å². The largest absolute Gasteiger partial charge is 0.489 e. The molecule has 3 rings (SSSR count). The first-order valence-corrected chi connectivity index (χ1v) is 10.6. The zero-order valence-electron chi connectivity index (χ0n) is 15.8. The van der Waals surface area contributed by atoms with Crippen molar-refractivity contribution in [2.75, 3.05) is 6.61 Å². The molecule has 30 heavy (non-hydrogen) atoms. The van der Waals surface area contributed by atoms with E-state index < -0.39 is 17.7 Å². The van der Waals surface area contributed by atoms with Crippen molar-refractivity contribution in [2.45, 2.75) is 26.1 Å². The van der Waals surface area contributed by atoms with E-state index in [0.717, 1.165) is 22.2 Å². The number of benzene rings is 2. The van der Waals surface area contributed by atoms with Crippen LogP contribution in [0.1, 0.15) is 39.1 Å². The average Bonchev–Trinajstić information content (AvgIpc) is 3.16. The van der Waals surface area contributed by atoms with Gasteiger partial charge in [-0.15, -0.1) is 11.3 Å². The molecule has 2 aromatic carbocycles. The smallest absolute Gasteiger partial charge is 0.416 e. The van der Waals surface area contributed by atoms with E-state index in [0.29, 0.717) is 16.3 Å². The van der Waals surface area contributed by atoms with Gasteiger partial charge in [-0.05, 0) is 42.8 Å². The van der Waals surface area contributed by atoms with Crippen LogP contribution >= 0.6 is 27.3 Å². The maximum atomic E-state index is 13.2. The molecule has 0 fully saturated rings. The second-order valence-electron chi connectivity index (χ2n) is 6.26. The number of thiazole rings is 1. The van der Waals surface area contributed by atoms with E-state index >= 15 is 0 Å². The van der Waals surface area contributed by atoms with E-state index in [4.69, 9.17) is 9.47 Å². The zero-order valence-corrected chi connectivity index (χ0v) is 18.2. The fraction of sp³-hybridized carbons (Fsp3) is 0.238. The molecule has 4 nitrogen and oxygen atoms in total. The predicted octanol–water partition coefficient (Wildman–Crippen LogP) is 6.27. The Bertz CT molecular complexity index is 1020. The number of alkyl halides is 3. The van der Waals surface area contributed by atoms with Gasteiger partial charge in [0.25, 0.3) is 0 Å². The van der Waals surface area contributed by atoms with Crippen LogP contribution in [-0.4, -0.2) is 17.6 Å². The summed E-state index contributed by atoms with van der Waals surface area (Å²) in [4.78, 5) is 16.0. The molecule has 9 heteroatoms. The molecule has 0 aliphatic rings. The Morgan fingerprint density at radius 2 is 1.90 bits per heavy atom. The number of hydrogen-bond donors (Lipinski definition) is 0. The molecule has 0 atom stereocenters. The van der Waals surface area contributed by atoms with Crippen LogP contribution in [0.15, 0.2) is 52.3 Å². The van der Waals surface area contributed by atoms with Gasteiger partial charge in [0.15, 0.2) is 5.69 Å². The van der Waals surface area contributed by atoms with Crippen molar-refractivity contribution < 1.29 is 27.4 Å². The Balaban J connectivity index is 1.84. The number of aromatic nitrogens is 1. The minimum absolute atomic E-state index is 0.101. The first-order valence-electron chi connectivity index (χ1n) is 8.95. The Labute approximate surface area is 183 Å². The highest BCUT2D eigenvalue weighted by Gasteiger charge is 2.31. The van der Waals surface area contributed by atoms with Gasteiger partial charge in [0.2, 0.25) is 0 Å². The molecule has 0 bridgehead atoms. The van der Waals surface area contributed by atoms with Crippen molar-refractivity contribution in [3.8, 4) is 5.75 Å². The summed E-state index contributed by atoms with van der Waals surface area (Å²) in [5.74, 6) is -0.227. The summed E-state index contributed by atoms with van der Waals surface area (Å²) in [7, 11) is 0. The lowest BCUT2D eigenvalue weighted by Crippen LogP contribution is -2.08. The number of carbonyl (C=O) groups excluding carboxylic acids is 1. The van der Waals surface area contributed by atoms with Crippen molar-refractivity contribution in [3.05, 3.63) is 79.7 Å². The first-order chi connectivity index (χ1) is 14.3. The summed E-state index contributed by atoms with van der Waals surface area (Å²) in [6.45, 7) is 2.10. The summed E-state index contributed by atoms with van der Waals surface area (Å²) >= 11 is 4.54. The Morgan fingerprint density at radius 1 is 1.17 bits per heavy atom. The average molecular weight is 500 g/mol. The van der Waals surface area contributed by atoms with Crippen LogP contribution in [0.2, 0.25) is 0 Å². The van der Waals surface area contributed by atoms with Gasteiger partial charge in [0.05, 0.1) is 17.2 Å². The molecule has 1 heterocycles. The van der Waals surface area contributed by atoms with Crippen LogP contribution in [0.25, 0.3) is 0 Å². The molecule has 158 valence electrons. The SMILES string of the molecule is CCOC(=O)c1csc(Cc2cc(C(F)(F)F)ccc2OCc2ccc(Br)cc2)n1. The van der Waals surface area contributed by atoms with Gasteiger partial charge < -0.3 is 9.47 Å². The highest BCUT2D eigenvalue weighted by atomic mass is 79.9. The number of nitrogens with zero attached hydrogens (tertiary/aromatic N) is 1. The van der Waals surface area contributed by atoms with Crippen molar-refractivity contribution in [1.82, 2.24) is 4.98 Å². The van der Waals surface area contributed by atoms with Gasteiger partial charge in [-0.1, -0.05) is 28.1 Å². The van der Waals surface area contributed by atoms with E-state index in [2.05, 4.69) is 20.9 Å². The molecule has 0 aliphatic heterocycles. The van der Waals surface area contributed by atoms with Gasteiger partial charge in [0.1, 0.15) is 12.4 Å². The van der Waals surface area contributed by atoms with Crippen LogP contribution in [0, 0.1) is 0 Å². The van der Waals surface area contributed by atoms with Crippen molar-refractivity contribution in [1.29, 1.82) is 0 Å². The molecule has 3 aromatic rings. The Hall–Kier alpha value is -2.39. The van der Waals surface area contributed by atoms with Gasteiger partial charge in [0, 0.05) is 21.8 Å². The van der Waals surface area contributed by atoms with Gasteiger partial charge in [-0.25, -0.2) is 9.78 Å². The highest BCUT2D eigenvalue weighted by Crippen LogP contribution is 2.34. The fourth-order valence-electron chi connectivity index (χ4n) is 2.63. The number of esters is 1. The quantitative estimate of drug-likeness (QED) is 0.359. The summed E-state index contributed by atoms with van der Waals surface area (Å²) in [6, 6.07) is 10.8. The van der Waals surface area contributed by atoms with Crippen molar-refractivity contribution >= 4 is 33.2 Å². The summed E-state index contributed by atoms with van der Waals surface area (Å²) in [5, 5.41) is 2.02. The van der Waals surface area contributed by atoms with Crippen LogP contribution in [0.3, 0.4) is 0 Å². The Morgan fingerprint density at radius 3 is 2.57 bits per heavy atom. The standard InChI is InChI=1S/C21H17BrF3NO3S/c1-2-28-20(27)17-12-30-19(26-17)10-14-9-15(21(23,24)25)5-8-18(14)29-11-13-3-6-16(22)7-4-13/h3-9,12H,2,10-11H2,1H3. The molecule has 1 aromatic heterocycles. The van der Waals surface area contributed by atoms with Gasteiger partial charge in [-0.3, -0.25) is 0 Å². The third-order valence-electron chi connectivity index (χ3n) is 4.07. The van der Waals surface area contributed by atoms with Crippen molar-refractivity contribution in [2.24, 2.45) is 0 Å². The second-order valence-corrected chi connectivity index (χ2v) is 8.12. The summed E-state index contributed by atoms with van der Waals surface area (Å²) in [5.41, 5.74) is 0.589.